The van der Waals surface area contributed by atoms with Crippen molar-refractivity contribution in [3.8, 4) is 0 Å². The summed E-state index contributed by atoms with van der Waals surface area (Å²) in [5, 5.41) is 0. The van der Waals surface area contributed by atoms with E-state index in [0.717, 1.165) is 57.3 Å². The number of likely N-dealkylation sites (tertiary alicyclic amines) is 1. The first-order valence-corrected chi connectivity index (χ1v) is 9.16. The van der Waals surface area contributed by atoms with E-state index in [1.165, 1.54) is 12.8 Å². The molecule has 1 unspecified atom stereocenters. The molecule has 130 valence electrons. The van der Waals surface area contributed by atoms with Gasteiger partial charge in [0.2, 0.25) is 5.91 Å². The number of hydrogen-bond acceptors (Lipinski definition) is 5. The van der Waals surface area contributed by atoms with E-state index >= 15 is 0 Å². The second kappa shape index (κ2) is 6.31. The van der Waals surface area contributed by atoms with Gasteiger partial charge in [0, 0.05) is 57.1 Å². The van der Waals surface area contributed by atoms with E-state index in [2.05, 4.69) is 31.7 Å². The van der Waals surface area contributed by atoms with E-state index in [-0.39, 0.29) is 5.54 Å². The summed E-state index contributed by atoms with van der Waals surface area (Å²) in [5.41, 5.74) is 0.0731. The van der Waals surface area contributed by atoms with E-state index in [9.17, 15) is 4.79 Å². The van der Waals surface area contributed by atoms with Crippen LogP contribution >= 0.6 is 0 Å². The summed E-state index contributed by atoms with van der Waals surface area (Å²) in [6.07, 6.45) is 10.6. The highest BCUT2D eigenvalue weighted by Crippen LogP contribution is 2.35. The van der Waals surface area contributed by atoms with Gasteiger partial charge in [-0.05, 0) is 38.6 Å². The van der Waals surface area contributed by atoms with Crippen LogP contribution in [0.2, 0.25) is 0 Å². The molecule has 0 aromatic carbocycles. The lowest BCUT2D eigenvalue weighted by molar-refractivity contribution is -0.130. The van der Waals surface area contributed by atoms with E-state index in [1.807, 2.05) is 6.20 Å². The number of nitrogens with zero attached hydrogens (tertiary/aromatic N) is 5. The maximum absolute atomic E-state index is 12.5. The van der Waals surface area contributed by atoms with Gasteiger partial charge in [0.05, 0.1) is 6.20 Å². The number of rotatable bonds is 3. The molecule has 24 heavy (non-hydrogen) atoms. The van der Waals surface area contributed by atoms with Gasteiger partial charge in [0.15, 0.2) is 0 Å². The zero-order valence-corrected chi connectivity index (χ0v) is 14.5. The average Bonchev–Trinajstić information content (AvgIpc) is 3.44. The SMILES string of the molecule is CN1CCN(c2cnccn2)CC12CCC(=O)N(CC1CC1)CC2. The molecule has 2 aliphatic heterocycles. The Morgan fingerprint density at radius 3 is 2.83 bits per heavy atom. The molecule has 0 radical (unpaired) electrons. The molecule has 3 fully saturated rings. The summed E-state index contributed by atoms with van der Waals surface area (Å²) in [6.45, 7) is 4.79. The first-order valence-electron chi connectivity index (χ1n) is 9.16. The molecule has 1 aliphatic carbocycles. The van der Waals surface area contributed by atoms with Gasteiger partial charge >= 0.3 is 0 Å². The highest BCUT2D eigenvalue weighted by atomic mass is 16.2. The van der Waals surface area contributed by atoms with Crippen molar-refractivity contribution in [3.05, 3.63) is 18.6 Å². The van der Waals surface area contributed by atoms with Gasteiger partial charge in [0.1, 0.15) is 5.82 Å². The Bertz CT molecular complexity index is 590. The van der Waals surface area contributed by atoms with Crippen LogP contribution in [0, 0.1) is 5.92 Å². The number of hydrogen-bond donors (Lipinski definition) is 0. The van der Waals surface area contributed by atoms with E-state index in [0.29, 0.717) is 12.3 Å². The molecular formula is C18H27N5O. The van der Waals surface area contributed by atoms with Crippen LogP contribution in [0.3, 0.4) is 0 Å². The summed E-state index contributed by atoms with van der Waals surface area (Å²) in [7, 11) is 2.22. The lowest BCUT2D eigenvalue weighted by atomic mass is 9.86. The average molecular weight is 329 g/mol. The fourth-order valence-electron chi connectivity index (χ4n) is 4.15. The first-order chi connectivity index (χ1) is 11.7. The summed E-state index contributed by atoms with van der Waals surface area (Å²) in [5.74, 6) is 2.07. The molecule has 2 saturated heterocycles. The number of aromatic nitrogens is 2. The molecule has 0 N–H and O–H groups in total. The molecule has 6 nitrogen and oxygen atoms in total. The summed E-state index contributed by atoms with van der Waals surface area (Å²) >= 11 is 0. The number of carbonyl (C=O) groups is 1. The van der Waals surface area contributed by atoms with Crippen LogP contribution < -0.4 is 4.90 Å². The minimum absolute atomic E-state index is 0.0731. The van der Waals surface area contributed by atoms with Crippen molar-refractivity contribution in [2.75, 3.05) is 44.7 Å². The Morgan fingerprint density at radius 1 is 1.21 bits per heavy atom. The number of amides is 1. The highest BCUT2D eigenvalue weighted by molar-refractivity contribution is 5.76. The maximum Gasteiger partial charge on any atom is 0.222 e. The Hall–Kier alpha value is -1.69. The van der Waals surface area contributed by atoms with Crippen molar-refractivity contribution in [3.63, 3.8) is 0 Å². The lowest BCUT2D eigenvalue weighted by Crippen LogP contribution is -2.61. The normalized spacial score (nSPS) is 29.1. The molecule has 1 atom stereocenters. The molecule has 1 spiro atoms. The smallest absolute Gasteiger partial charge is 0.222 e. The largest absolute Gasteiger partial charge is 0.352 e. The van der Waals surface area contributed by atoms with Crippen molar-refractivity contribution in [2.24, 2.45) is 5.92 Å². The van der Waals surface area contributed by atoms with Crippen molar-refractivity contribution in [1.82, 2.24) is 19.8 Å². The number of carbonyl (C=O) groups excluding carboxylic acids is 1. The third-order valence-electron chi connectivity index (χ3n) is 6.05. The third kappa shape index (κ3) is 3.11. The van der Waals surface area contributed by atoms with Gasteiger partial charge in [0.25, 0.3) is 0 Å². The number of likely N-dealkylation sites (N-methyl/N-ethyl adjacent to an activating group) is 1. The molecule has 3 heterocycles. The summed E-state index contributed by atoms with van der Waals surface area (Å²) < 4.78 is 0. The third-order valence-corrected chi connectivity index (χ3v) is 6.05. The standard InChI is InChI=1S/C18H27N5O/c1-21-10-11-23(16-12-19-7-8-20-16)14-18(21)5-4-17(24)22(9-6-18)13-15-2-3-15/h7-8,12,15H,2-6,9-11,13-14H2,1H3. The van der Waals surface area contributed by atoms with Crippen molar-refractivity contribution in [2.45, 2.75) is 37.6 Å². The lowest BCUT2D eigenvalue weighted by Gasteiger charge is -2.49. The van der Waals surface area contributed by atoms with Crippen molar-refractivity contribution < 1.29 is 4.79 Å². The Balaban J connectivity index is 1.50. The van der Waals surface area contributed by atoms with Crippen molar-refractivity contribution >= 4 is 11.7 Å². The predicted octanol–water partition coefficient (Wildman–Crippen LogP) is 1.39. The molecule has 4 rings (SSSR count). The fraction of sp³-hybridized carbons (Fsp3) is 0.722. The molecule has 3 aliphatic rings. The van der Waals surface area contributed by atoms with Gasteiger partial charge in [-0.3, -0.25) is 14.7 Å². The van der Waals surface area contributed by atoms with Gasteiger partial charge in [-0.25, -0.2) is 4.98 Å². The Kier molecular flexibility index (Phi) is 4.16. The van der Waals surface area contributed by atoms with Gasteiger partial charge in [-0.15, -0.1) is 0 Å². The molecule has 1 amide bonds. The molecule has 0 bridgehead atoms. The van der Waals surface area contributed by atoms with Crippen molar-refractivity contribution in [1.29, 1.82) is 0 Å². The minimum Gasteiger partial charge on any atom is -0.352 e. The summed E-state index contributed by atoms with van der Waals surface area (Å²) in [4.78, 5) is 28.2. The second-order valence-electron chi connectivity index (χ2n) is 7.66. The van der Waals surface area contributed by atoms with Crippen LogP contribution in [0.4, 0.5) is 5.82 Å². The van der Waals surface area contributed by atoms with Crippen LogP contribution in [-0.4, -0.2) is 71.0 Å². The van der Waals surface area contributed by atoms with Crippen LogP contribution in [0.25, 0.3) is 0 Å². The zero-order valence-electron chi connectivity index (χ0n) is 14.5. The van der Waals surface area contributed by atoms with Crippen LogP contribution in [0.15, 0.2) is 18.6 Å². The number of piperazine rings is 1. The maximum atomic E-state index is 12.5. The van der Waals surface area contributed by atoms with Gasteiger partial charge < -0.3 is 9.80 Å². The van der Waals surface area contributed by atoms with E-state index in [1.54, 1.807) is 12.4 Å². The van der Waals surface area contributed by atoms with Gasteiger partial charge in [-0.1, -0.05) is 0 Å². The van der Waals surface area contributed by atoms with E-state index < -0.39 is 0 Å². The quantitative estimate of drug-likeness (QED) is 0.839. The van der Waals surface area contributed by atoms with Crippen LogP contribution in [-0.2, 0) is 4.79 Å². The van der Waals surface area contributed by atoms with Crippen LogP contribution in [0.1, 0.15) is 32.1 Å². The van der Waals surface area contributed by atoms with E-state index in [4.69, 9.17) is 0 Å². The molecule has 1 aromatic rings. The predicted molar refractivity (Wildman–Crippen MR) is 92.8 cm³/mol. The highest BCUT2D eigenvalue weighted by Gasteiger charge is 2.43. The van der Waals surface area contributed by atoms with Gasteiger partial charge in [-0.2, -0.15) is 0 Å². The minimum atomic E-state index is 0.0731. The second-order valence-corrected chi connectivity index (χ2v) is 7.66. The zero-order chi connectivity index (χ0) is 16.6. The topological polar surface area (TPSA) is 52.6 Å². The molecular weight excluding hydrogens is 302 g/mol. The van der Waals surface area contributed by atoms with Crippen LogP contribution in [0.5, 0.6) is 0 Å². The summed E-state index contributed by atoms with van der Waals surface area (Å²) in [6, 6.07) is 0. The Labute approximate surface area is 143 Å². The first kappa shape index (κ1) is 15.8. The fourth-order valence-corrected chi connectivity index (χ4v) is 4.15. The monoisotopic (exact) mass is 329 g/mol. The molecule has 1 saturated carbocycles. The Morgan fingerprint density at radius 2 is 2.08 bits per heavy atom. The molecule has 1 aromatic heterocycles. The molecule has 6 heteroatoms. The number of anilines is 1.